The van der Waals surface area contributed by atoms with Gasteiger partial charge in [-0.15, -0.1) is 22.7 Å². The van der Waals surface area contributed by atoms with Crippen molar-refractivity contribution in [3.63, 3.8) is 0 Å². The quantitative estimate of drug-likeness (QED) is 0.371. The minimum atomic E-state index is -0.192. The molecule has 2 aromatic heterocycles. The number of rotatable bonds is 5. The van der Waals surface area contributed by atoms with Crippen molar-refractivity contribution in [2.24, 2.45) is 0 Å². The first-order valence-electron chi connectivity index (χ1n) is 9.11. The molecule has 142 valence electrons. The molecule has 1 N–H and O–H groups in total. The van der Waals surface area contributed by atoms with Crippen molar-refractivity contribution in [1.82, 2.24) is 4.98 Å². The van der Waals surface area contributed by atoms with Gasteiger partial charge in [0, 0.05) is 5.56 Å². The fourth-order valence-corrected chi connectivity index (χ4v) is 5.00. The van der Waals surface area contributed by atoms with E-state index in [4.69, 9.17) is 4.74 Å². The summed E-state index contributed by atoms with van der Waals surface area (Å²) >= 11 is 3.11. The molecule has 3 aromatic carbocycles. The number of thiophene rings is 1. The van der Waals surface area contributed by atoms with E-state index in [1.54, 1.807) is 11.3 Å². The standard InChI is InChI=1S/C23H16N2O2S2/c26-21(14-27-17-10-9-15-5-1-2-6-16(15)13-17)25-22-18(11-12-28-22)23-24-19-7-3-4-8-20(19)29-23/h1-13H,14H2,(H,25,26). The number of aromatic nitrogens is 1. The molecule has 0 aliphatic rings. The zero-order valence-corrected chi connectivity index (χ0v) is 16.9. The maximum absolute atomic E-state index is 12.5. The molecule has 1 amide bonds. The van der Waals surface area contributed by atoms with Crippen molar-refractivity contribution >= 4 is 54.6 Å². The van der Waals surface area contributed by atoms with E-state index in [-0.39, 0.29) is 12.5 Å². The number of nitrogens with zero attached hydrogens (tertiary/aromatic N) is 1. The van der Waals surface area contributed by atoms with Gasteiger partial charge in [0.25, 0.3) is 5.91 Å². The second kappa shape index (κ2) is 7.66. The third-order valence-electron chi connectivity index (χ3n) is 4.53. The van der Waals surface area contributed by atoms with Gasteiger partial charge in [0.2, 0.25) is 0 Å². The zero-order chi connectivity index (χ0) is 19.6. The SMILES string of the molecule is O=C(COc1ccc2ccccc2c1)Nc1sccc1-c1nc2ccccc2s1. The third-order valence-corrected chi connectivity index (χ3v) is 6.43. The van der Waals surface area contributed by atoms with E-state index < -0.39 is 0 Å². The summed E-state index contributed by atoms with van der Waals surface area (Å²) in [7, 11) is 0. The summed E-state index contributed by atoms with van der Waals surface area (Å²) in [5, 5.41) is 8.84. The van der Waals surface area contributed by atoms with Gasteiger partial charge in [-0.05, 0) is 46.5 Å². The Balaban J connectivity index is 1.29. The molecule has 2 heterocycles. The van der Waals surface area contributed by atoms with Crippen molar-refractivity contribution in [3.8, 4) is 16.3 Å². The van der Waals surface area contributed by atoms with Gasteiger partial charge in [-0.1, -0.05) is 42.5 Å². The summed E-state index contributed by atoms with van der Waals surface area (Å²) in [6, 6.07) is 23.9. The maximum atomic E-state index is 12.5. The third kappa shape index (κ3) is 3.72. The van der Waals surface area contributed by atoms with Crippen molar-refractivity contribution in [2.75, 3.05) is 11.9 Å². The Morgan fingerprint density at radius 3 is 2.69 bits per heavy atom. The average molecular weight is 417 g/mol. The van der Waals surface area contributed by atoms with Crippen LogP contribution in [0.5, 0.6) is 5.75 Å². The van der Waals surface area contributed by atoms with E-state index in [9.17, 15) is 4.79 Å². The van der Waals surface area contributed by atoms with Gasteiger partial charge in [-0.3, -0.25) is 4.79 Å². The largest absolute Gasteiger partial charge is 0.484 e. The Morgan fingerprint density at radius 2 is 1.79 bits per heavy atom. The summed E-state index contributed by atoms with van der Waals surface area (Å²) in [5.41, 5.74) is 1.91. The number of carbonyl (C=O) groups excluding carboxylic acids is 1. The summed E-state index contributed by atoms with van der Waals surface area (Å²) in [4.78, 5) is 17.1. The van der Waals surface area contributed by atoms with Crippen molar-refractivity contribution < 1.29 is 9.53 Å². The number of benzene rings is 3. The molecule has 0 radical (unpaired) electrons. The number of amides is 1. The number of thiazole rings is 1. The Kier molecular flexibility index (Phi) is 4.71. The minimum Gasteiger partial charge on any atom is -0.484 e. The molecule has 0 aliphatic heterocycles. The predicted molar refractivity (Wildman–Crippen MR) is 121 cm³/mol. The first-order valence-corrected chi connectivity index (χ1v) is 10.8. The normalized spacial score (nSPS) is 11.0. The molecule has 4 nitrogen and oxygen atoms in total. The number of nitrogens with one attached hydrogen (secondary N) is 1. The highest BCUT2D eigenvalue weighted by atomic mass is 32.1. The Morgan fingerprint density at radius 1 is 0.966 bits per heavy atom. The van der Waals surface area contributed by atoms with E-state index in [0.29, 0.717) is 5.75 Å². The van der Waals surface area contributed by atoms with Crippen LogP contribution in [-0.2, 0) is 4.79 Å². The lowest BCUT2D eigenvalue weighted by Crippen LogP contribution is -2.19. The summed E-state index contributed by atoms with van der Waals surface area (Å²) in [6.45, 7) is -0.0461. The molecule has 0 fully saturated rings. The van der Waals surface area contributed by atoms with E-state index >= 15 is 0 Å². The number of anilines is 1. The molecule has 5 rings (SSSR count). The number of fused-ring (bicyclic) bond motifs is 2. The van der Waals surface area contributed by atoms with Crippen molar-refractivity contribution in [3.05, 3.63) is 78.2 Å². The van der Waals surface area contributed by atoms with Gasteiger partial charge < -0.3 is 10.1 Å². The maximum Gasteiger partial charge on any atom is 0.262 e. The van der Waals surface area contributed by atoms with Crippen LogP contribution in [0.4, 0.5) is 5.00 Å². The Bertz CT molecular complexity index is 1290. The number of carbonyl (C=O) groups is 1. The molecule has 0 saturated heterocycles. The minimum absolute atomic E-state index is 0.0461. The lowest BCUT2D eigenvalue weighted by Gasteiger charge is -2.08. The van der Waals surface area contributed by atoms with Crippen LogP contribution in [-0.4, -0.2) is 17.5 Å². The highest BCUT2D eigenvalue weighted by Gasteiger charge is 2.14. The van der Waals surface area contributed by atoms with Crippen LogP contribution in [0, 0.1) is 0 Å². The lowest BCUT2D eigenvalue weighted by molar-refractivity contribution is -0.118. The van der Waals surface area contributed by atoms with Crippen LogP contribution < -0.4 is 10.1 Å². The number of hydrogen-bond donors (Lipinski definition) is 1. The lowest BCUT2D eigenvalue weighted by atomic mass is 10.1. The van der Waals surface area contributed by atoms with Crippen molar-refractivity contribution in [2.45, 2.75) is 0 Å². The van der Waals surface area contributed by atoms with Crippen LogP contribution in [0.25, 0.3) is 31.6 Å². The highest BCUT2D eigenvalue weighted by molar-refractivity contribution is 7.22. The molecule has 29 heavy (non-hydrogen) atoms. The molecule has 5 aromatic rings. The highest BCUT2D eigenvalue weighted by Crippen LogP contribution is 2.37. The van der Waals surface area contributed by atoms with Crippen LogP contribution in [0.3, 0.4) is 0 Å². The van der Waals surface area contributed by atoms with E-state index in [1.807, 2.05) is 72.1 Å². The van der Waals surface area contributed by atoms with Crippen LogP contribution in [0.15, 0.2) is 78.2 Å². The summed E-state index contributed by atoms with van der Waals surface area (Å²) in [5.74, 6) is 0.486. The second-order valence-corrected chi connectivity index (χ2v) is 8.44. The molecular formula is C23H16N2O2S2. The second-order valence-electron chi connectivity index (χ2n) is 6.50. The molecule has 0 bridgehead atoms. The molecular weight excluding hydrogens is 400 g/mol. The van der Waals surface area contributed by atoms with Gasteiger partial charge in [0.05, 0.1) is 10.2 Å². The monoisotopic (exact) mass is 416 g/mol. The predicted octanol–water partition coefficient (Wildman–Crippen LogP) is 6.20. The zero-order valence-electron chi connectivity index (χ0n) is 15.3. The van der Waals surface area contributed by atoms with Gasteiger partial charge in [0.1, 0.15) is 15.8 Å². The van der Waals surface area contributed by atoms with Crippen molar-refractivity contribution in [1.29, 1.82) is 0 Å². The van der Waals surface area contributed by atoms with Crippen LogP contribution in [0.1, 0.15) is 0 Å². The number of ether oxygens (including phenoxy) is 1. The van der Waals surface area contributed by atoms with Crippen LogP contribution in [0.2, 0.25) is 0 Å². The van der Waals surface area contributed by atoms with E-state index in [0.717, 1.165) is 36.6 Å². The van der Waals surface area contributed by atoms with E-state index in [1.165, 1.54) is 11.3 Å². The first kappa shape index (κ1) is 17.8. The smallest absolute Gasteiger partial charge is 0.262 e. The van der Waals surface area contributed by atoms with Gasteiger partial charge in [0.15, 0.2) is 6.61 Å². The van der Waals surface area contributed by atoms with Gasteiger partial charge in [-0.25, -0.2) is 4.98 Å². The number of hydrogen-bond acceptors (Lipinski definition) is 5. The Labute approximate surface area is 175 Å². The molecule has 0 aliphatic carbocycles. The van der Waals surface area contributed by atoms with Gasteiger partial charge in [-0.2, -0.15) is 0 Å². The van der Waals surface area contributed by atoms with Gasteiger partial charge >= 0.3 is 0 Å². The Hall–Kier alpha value is -3.22. The fourth-order valence-electron chi connectivity index (χ4n) is 3.13. The topological polar surface area (TPSA) is 51.2 Å². The molecule has 0 atom stereocenters. The molecule has 0 unspecified atom stereocenters. The molecule has 0 saturated carbocycles. The average Bonchev–Trinajstić information content (AvgIpc) is 3.38. The molecule has 6 heteroatoms. The molecule has 0 spiro atoms. The summed E-state index contributed by atoms with van der Waals surface area (Å²) in [6.07, 6.45) is 0. The fraction of sp³-hybridized carbons (Fsp3) is 0.0435. The van der Waals surface area contributed by atoms with E-state index in [2.05, 4.69) is 16.4 Å². The number of para-hydroxylation sites is 1. The van der Waals surface area contributed by atoms with Crippen LogP contribution >= 0.6 is 22.7 Å². The summed E-state index contributed by atoms with van der Waals surface area (Å²) < 4.78 is 6.83. The first-order chi connectivity index (χ1) is 14.3.